The van der Waals surface area contributed by atoms with Crippen LogP contribution in [0.4, 0.5) is 11.5 Å². The third-order valence-electron chi connectivity index (χ3n) is 4.57. The summed E-state index contributed by atoms with van der Waals surface area (Å²) in [5, 5.41) is 7.43. The van der Waals surface area contributed by atoms with Gasteiger partial charge in [0.05, 0.1) is 17.3 Å². The smallest absolute Gasteiger partial charge is 0.231 e. The summed E-state index contributed by atoms with van der Waals surface area (Å²) in [6.45, 7) is 5.20. The second-order valence-electron chi connectivity index (χ2n) is 6.64. The van der Waals surface area contributed by atoms with Gasteiger partial charge in [0.25, 0.3) is 0 Å². The highest BCUT2D eigenvalue weighted by Crippen LogP contribution is 2.27. The van der Waals surface area contributed by atoms with Crippen LogP contribution in [0.15, 0.2) is 47.2 Å². The number of amides is 1. The predicted octanol–water partition coefficient (Wildman–Crippen LogP) is 3.12. The highest BCUT2D eigenvalue weighted by Gasteiger charge is 2.34. The third kappa shape index (κ3) is 3.57. The molecule has 8 heteroatoms. The van der Waals surface area contributed by atoms with E-state index < -0.39 is 0 Å². The molecule has 4 rings (SSSR count). The topological polar surface area (TPSA) is 75.9 Å². The molecule has 1 aromatic carbocycles. The fourth-order valence-electron chi connectivity index (χ4n) is 3.12. The van der Waals surface area contributed by atoms with Crippen LogP contribution in [0.5, 0.6) is 0 Å². The van der Waals surface area contributed by atoms with Crippen molar-refractivity contribution in [3.63, 3.8) is 0 Å². The molecule has 0 unspecified atom stereocenters. The Kier molecular flexibility index (Phi) is 4.65. The number of aryl methyl sites for hydroxylation is 2. The lowest BCUT2D eigenvalue weighted by Crippen LogP contribution is -2.52. The lowest BCUT2D eigenvalue weighted by Gasteiger charge is -2.39. The average Bonchev–Trinajstić information content (AvgIpc) is 2.94. The molecule has 0 saturated carbocycles. The molecular weight excluding hydrogens is 408 g/mol. The van der Waals surface area contributed by atoms with Gasteiger partial charge in [0.2, 0.25) is 5.91 Å². The number of hydrogen-bond donors (Lipinski definition) is 1. The van der Waals surface area contributed by atoms with Crippen molar-refractivity contribution in [1.29, 1.82) is 0 Å². The zero-order chi connectivity index (χ0) is 19.0. The van der Waals surface area contributed by atoms with E-state index in [0.717, 1.165) is 33.2 Å². The molecule has 1 amide bonds. The Hall–Kier alpha value is -2.74. The normalized spacial score (nSPS) is 14.1. The van der Waals surface area contributed by atoms with Gasteiger partial charge in [-0.05, 0) is 48.0 Å². The molecule has 3 heterocycles. The van der Waals surface area contributed by atoms with Crippen LogP contribution in [0.3, 0.4) is 0 Å². The van der Waals surface area contributed by atoms with Gasteiger partial charge in [0.15, 0.2) is 5.82 Å². The van der Waals surface area contributed by atoms with E-state index in [1.165, 1.54) is 6.33 Å². The molecule has 0 bridgehead atoms. The summed E-state index contributed by atoms with van der Waals surface area (Å²) < 4.78 is 2.68. The van der Waals surface area contributed by atoms with Crippen molar-refractivity contribution < 1.29 is 4.79 Å². The fraction of sp³-hybridized carbons (Fsp3) is 0.263. The maximum atomic E-state index is 12.5. The zero-order valence-electron chi connectivity index (χ0n) is 15.1. The summed E-state index contributed by atoms with van der Waals surface area (Å²) in [6, 6.07) is 11.5. The molecule has 2 aromatic heterocycles. The largest absolute Gasteiger partial charge is 0.355 e. The van der Waals surface area contributed by atoms with Crippen LogP contribution in [0.2, 0.25) is 0 Å². The summed E-state index contributed by atoms with van der Waals surface area (Å²) in [5.41, 5.74) is 2.75. The Bertz CT molecular complexity index is 995. The van der Waals surface area contributed by atoms with E-state index in [1.807, 2.05) is 50.2 Å². The zero-order valence-corrected chi connectivity index (χ0v) is 16.6. The van der Waals surface area contributed by atoms with Crippen LogP contribution >= 0.6 is 15.9 Å². The summed E-state index contributed by atoms with van der Waals surface area (Å²) in [6.07, 6.45) is 1.54. The first-order valence-electron chi connectivity index (χ1n) is 8.67. The maximum absolute atomic E-state index is 12.5. The van der Waals surface area contributed by atoms with Crippen LogP contribution < -0.4 is 10.2 Å². The molecule has 0 radical (unpaired) electrons. The van der Waals surface area contributed by atoms with Crippen molar-refractivity contribution in [3.8, 4) is 5.82 Å². The van der Waals surface area contributed by atoms with Gasteiger partial charge in [-0.3, -0.25) is 4.79 Å². The molecule has 138 valence electrons. The van der Waals surface area contributed by atoms with Crippen molar-refractivity contribution in [1.82, 2.24) is 19.7 Å². The Morgan fingerprint density at radius 3 is 2.59 bits per heavy atom. The van der Waals surface area contributed by atoms with Gasteiger partial charge in [-0.25, -0.2) is 14.6 Å². The lowest BCUT2D eigenvalue weighted by molar-refractivity contribution is -0.120. The number of benzene rings is 1. The summed E-state index contributed by atoms with van der Waals surface area (Å²) in [4.78, 5) is 23.2. The van der Waals surface area contributed by atoms with Crippen molar-refractivity contribution in [2.75, 3.05) is 23.3 Å². The summed E-state index contributed by atoms with van der Waals surface area (Å²) in [5.74, 6) is 1.49. The molecule has 0 atom stereocenters. The van der Waals surface area contributed by atoms with E-state index >= 15 is 0 Å². The SMILES string of the molecule is Cc1cc(C)n(-c2cc(N3CC(C(=O)Nc4ccccc4Br)C3)ncn2)n1. The van der Waals surface area contributed by atoms with Gasteiger partial charge in [0, 0.05) is 29.3 Å². The second-order valence-corrected chi connectivity index (χ2v) is 7.50. The first kappa shape index (κ1) is 17.7. The lowest BCUT2D eigenvalue weighted by atomic mass is 9.99. The van der Waals surface area contributed by atoms with Crippen molar-refractivity contribution in [2.24, 2.45) is 5.92 Å². The number of rotatable bonds is 4. The molecule has 1 N–H and O–H groups in total. The number of anilines is 2. The van der Waals surface area contributed by atoms with Crippen LogP contribution in [-0.2, 0) is 4.79 Å². The number of halogens is 1. The Morgan fingerprint density at radius 1 is 1.15 bits per heavy atom. The standard InChI is InChI=1S/C19H19BrN6O/c1-12-7-13(2)26(24-12)18-8-17(21-11-22-18)25-9-14(10-25)19(27)23-16-6-4-3-5-15(16)20/h3-8,11,14H,9-10H2,1-2H3,(H,23,27). The van der Waals surface area contributed by atoms with Crippen molar-refractivity contribution >= 4 is 33.3 Å². The first-order chi connectivity index (χ1) is 13.0. The monoisotopic (exact) mass is 426 g/mol. The number of hydrogen-bond acceptors (Lipinski definition) is 5. The van der Waals surface area contributed by atoms with Gasteiger partial charge in [-0.1, -0.05) is 12.1 Å². The van der Waals surface area contributed by atoms with Gasteiger partial charge in [-0.2, -0.15) is 5.10 Å². The van der Waals surface area contributed by atoms with Crippen molar-refractivity contribution in [2.45, 2.75) is 13.8 Å². The number of nitrogens with one attached hydrogen (secondary N) is 1. The number of para-hydroxylation sites is 1. The molecular formula is C19H19BrN6O. The van der Waals surface area contributed by atoms with Crippen LogP contribution in [0.1, 0.15) is 11.4 Å². The van der Waals surface area contributed by atoms with Gasteiger partial charge >= 0.3 is 0 Å². The second kappa shape index (κ2) is 7.11. The molecule has 1 fully saturated rings. The summed E-state index contributed by atoms with van der Waals surface area (Å²) >= 11 is 3.45. The van der Waals surface area contributed by atoms with Crippen LogP contribution in [-0.4, -0.2) is 38.7 Å². The minimum absolute atomic E-state index is 0.0194. The van der Waals surface area contributed by atoms with Gasteiger partial charge in [0.1, 0.15) is 12.1 Å². The Balaban J connectivity index is 1.42. The molecule has 3 aromatic rings. The van der Waals surface area contributed by atoms with E-state index in [1.54, 1.807) is 4.68 Å². The predicted molar refractivity (Wildman–Crippen MR) is 107 cm³/mol. The minimum Gasteiger partial charge on any atom is -0.355 e. The van der Waals surface area contributed by atoms with Gasteiger partial charge in [-0.15, -0.1) is 0 Å². The number of carbonyl (C=O) groups excluding carboxylic acids is 1. The number of aromatic nitrogens is 4. The van der Waals surface area contributed by atoms with E-state index in [9.17, 15) is 4.79 Å². The number of nitrogens with zero attached hydrogens (tertiary/aromatic N) is 5. The van der Waals surface area contributed by atoms with Gasteiger partial charge < -0.3 is 10.2 Å². The molecule has 0 spiro atoms. The van der Waals surface area contributed by atoms with E-state index in [0.29, 0.717) is 13.1 Å². The fourth-order valence-corrected chi connectivity index (χ4v) is 3.50. The average molecular weight is 427 g/mol. The molecule has 1 saturated heterocycles. The first-order valence-corrected chi connectivity index (χ1v) is 9.46. The van der Waals surface area contributed by atoms with Crippen molar-refractivity contribution in [3.05, 3.63) is 58.6 Å². The molecule has 7 nitrogen and oxygen atoms in total. The van der Waals surface area contributed by atoms with Crippen LogP contribution in [0, 0.1) is 19.8 Å². The highest BCUT2D eigenvalue weighted by atomic mass is 79.9. The molecule has 1 aliphatic rings. The molecule has 0 aliphatic carbocycles. The molecule has 27 heavy (non-hydrogen) atoms. The Labute approximate surface area is 165 Å². The van der Waals surface area contributed by atoms with E-state index in [2.05, 4.69) is 41.2 Å². The third-order valence-corrected chi connectivity index (χ3v) is 5.26. The van der Waals surface area contributed by atoms with Crippen LogP contribution in [0.25, 0.3) is 5.82 Å². The highest BCUT2D eigenvalue weighted by molar-refractivity contribution is 9.10. The summed E-state index contributed by atoms with van der Waals surface area (Å²) in [7, 11) is 0. The Morgan fingerprint density at radius 2 is 1.89 bits per heavy atom. The maximum Gasteiger partial charge on any atom is 0.231 e. The number of carbonyl (C=O) groups is 1. The van der Waals surface area contributed by atoms with E-state index in [-0.39, 0.29) is 11.8 Å². The minimum atomic E-state index is -0.0656. The molecule has 1 aliphatic heterocycles. The van der Waals surface area contributed by atoms with E-state index in [4.69, 9.17) is 0 Å². The quantitative estimate of drug-likeness (QED) is 0.693.